The van der Waals surface area contributed by atoms with Gasteiger partial charge in [0.05, 0.1) is 13.0 Å². The van der Waals surface area contributed by atoms with E-state index in [1.807, 2.05) is 44.2 Å². The normalized spacial score (nSPS) is 10.8. The van der Waals surface area contributed by atoms with Gasteiger partial charge in [-0.1, -0.05) is 56.3 Å². The molecule has 2 aromatic rings. The first-order valence-corrected chi connectivity index (χ1v) is 6.29. The molecule has 0 radical (unpaired) electrons. The van der Waals surface area contributed by atoms with E-state index in [1.165, 1.54) is 0 Å². The fourth-order valence-corrected chi connectivity index (χ4v) is 1.91. The Bertz CT molecular complexity index is 538. The van der Waals surface area contributed by atoms with E-state index >= 15 is 0 Å². The Balaban J connectivity index is 2.14. The largest absolute Gasteiger partial charge is 0.465 e. The van der Waals surface area contributed by atoms with Crippen molar-refractivity contribution in [2.24, 2.45) is 5.92 Å². The maximum absolute atomic E-state index is 11.7. The molecule has 2 aromatic carbocycles. The summed E-state index contributed by atoms with van der Waals surface area (Å²) >= 11 is 0. The van der Waals surface area contributed by atoms with E-state index < -0.39 is 0 Å². The molecule has 0 saturated carbocycles. The second kappa shape index (κ2) is 5.67. The second-order valence-corrected chi connectivity index (χ2v) is 4.89. The first kappa shape index (κ1) is 12.6. The van der Waals surface area contributed by atoms with Crippen LogP contribution in [0.4, 0.5) is 0 Å². The number of rotatable bonds is 4. The third-order valence-electron chi connectivity index (χ3n) is 2.79. The van der Waals surface area contributed by atoms with E-state index in [1.54, 1.807) is 0 Å². The highest BCUT2D eigenvalue weighted by Crippen LogP contribution is 2.19. The van der Waals surface area contributed by atoms with E-state index in [-0.39, 0.29) is 5.97 Å². The van der Waals surface area contributed by atoms with Crippen LogP contribution in [0.1, 0.15) is 19.4 Å². The number of hydrogen-bond donors (Lipinski definition) is 0. The van der Waals surface area contributed by atoms with Crippen LogP contribution >= 0.6 is 0 Å². The second-order valence-electron chi connectivity index (χ2n) is 4.89. The van der Waals surface area contributed by atoms with Gasteiger partial charge in [0.25, 0.3) is 0 Å². The lowest BCUT2D eigenvalue weighted by atomic mass is 10.0. The molecule has 0 heterocycles. The van der Waals surface area contributed by atoms with Crippen molar-refractivity contribution in [3.05, 3.63) is 48.0 Å². The first-order valence-electron chi connectivity index (χ1n) is 6.29. The summed E-state index contributed by atoms with van der Waals surface area (Å²) in [6, 6.07) is 14.1. The third kappa shape index (κ3) is 3.10. The minimum absolute atomic E-state index is 0.153. The molecule has 0 bridgehead atoms. The average molecular weight is 242 g/mol. The zero-order chi connectivity index (χ0) is 13.0. The number of carbonyl (C=O) groups is 1. The highest BCUT2D eigenvalue weighted by molar-refractivity contribution is 5.88. The SMILES string of the molecule is CC(C)COC(=O)Cc1cccc2ccccc12. The number of hydrogen-bond acceptors (Lipinski definition) is 2. The van der Waals surface area contributed by atoms with Crippen molar-refractivity contribution in [2.45, 2.75) is 20.3 Å². The molecule has 0 aliphatic rings. The zero-order valence-corrected chi connectivity index (χ0v) is 10.8. The molecule has 0 aliphatic carbocycles. The van der Waals surface area contributed by atoms with Gasteiger partial charge >= 0.3 is 5.97 Å². The Kier molecular flexibility index (Phi) is 3.98. The number of ether oxygens (including phenoxy) is 1. The molecule has 0 atom stereocenters. The molecule has 0 spiro atoms. The molecule has 0 aromatic heterocycles. The van der Waals surface area contributed by atoms with Gasteiger partial charge in [0.2, 0.25) is 0 Å². The molecule has 0 aliphatic heterocycles. The van der Waals surface area contributed by atoms with E-state index in [0.29, 0.717) is 18.9 Å². The van der Waals surface area contributed by atoms with Crippen molar-refractivity contribution in [1.29, 1.82) is 0 Å². The highest BCUT2D eigenvalue weighted by atomic mass is 16.5. The molecule has 2 nitrogen and oxygen atoms in total. The summed E-state index contributed by atoms with van der Waals surface area (Å²) in [5, 5.41) is 2.29. The molecule has 2 heteroatoms. The van der Waals surface area contributed by atoms with Crippen molar-refractivity contribution < 1.29 is 9.53 Å². The van der Waals surface area contributed by atoms with Crippen LogP contribution < -0.4 is 0 Å². The molecule has 0 N–H and O–H groups in total. The van der Waals surface area contributed by atoms with Gasteiger partial charge in [-0.3, -0.25) is 4.79 Å². The Hall–Kier alpha value is -1.83. The fourth-order valence-electron chi connectivity index (χ4n) is 1.91. The minimum Gasteiger partial charge on any atom is -0.465 e. The molecule has 94 valence electrons. The Morgan fingerprint density at radius 2 is 1.83 bits per heavy atom. The standard InChI is InChI=1S/C16H18O2/c1-12(2)11-18-16(17)10-14-8-5-7-13-6-3-4-9-15(13)14/h3-9,12H,10-11H2,1-2H3. The number of carbonyl (C=O) groups excluding carboxylic acids is 1. The Morgan fingerprint density at radius 3 is 2.61 bits per heavy atom. The summed E-state index contributed by atoms with van der Waals surface area (Å²) in [5.41, 5.74) is 1.03. The van der Waals surface area contributed by atoms with E-state index in [0.717, 1.165) is 16.3 Å². The Labute approximate surface area is 108 Å². The first-order chi connectivity index (χ1) is 8.66. The van der Waals surface area contributed by atoms with Crippen molar-refractivity contribution in [1.82, 2.24) is 0 Å². The summed E-state index contributed by atoms with van der Waals surface area (Å²) in [7, 11) is 0. The van der Waals surface area contributed by atoms with E-state index in [2.05, 4.69) is 12.1 Å². The lowest BCUT2D eigenvalue weighted by Gasteiger charge is -2.09. The van der Waals surface area contributed by atoms with Crippen molar-refractivity contribution >= 4 is 16.7 Å². The van der Waals surface area contributed by atoms with Gasteiger partial charge in [0, 0.05) is 0 Å². The average Bonchev–Trinajstić information content (AvgIpc) is 2.37. The van der Waals surface area contributed by atoms with Crippen LogP contribution in [0.5, 0.6) is 0 Å². The van der Waals surface area contributed by atoms with Gasteiger partial charge in [-0.2, -0.15) is 0 Å². The number of esters is 1. The quantitative estimate of drug-likeness (QED) is 0.766. The van der Waals surface area contributed by atoms with Gasteiger partial charge in [-0.05, 0) is 22.3 Å². The lowest BCUT2D eigenvalue weighted by molar-refractivity contribution is -0.143. The molecule has 0 fully saturated rings. The predicted molar refractivity (Wildman–Crippen MR) is 73.4 cm³/mol. The molecule has 18 heavy (non-hydrogen) atoms. The molecule has 0 unspecified atom stereocenters. The smallest absolute Gasteiger partial charge is 0.310 e. The van der Waals surface area contributed by atoms with Gasteiger partial charge < -0.3 is 4.74 Å². The Morgan fingerprint density at radius 1 is 1.11 bits per heavy atom. The van der Waals surface area contributed by atoms with Crippen LogP contribution in [0.15, 0.2) is 42.5 Å². The van der Waals surface area contributed by atoms with Gasteiger partial charge in [0.15, 0.2) is 0 Å². The lowest BCUT2D eigenvalue weighted by Crippen LogP contribution is -2.12. The summed E-state index contributed by atoms with van der Waals surface area (Å²) in [4.78, 5) is 11.7. The number of benzene rings is 2. The maximum Gasteiger partial charge on any atom is 0.310 e. The van der Waals surface area contributed by atoms with E-state index in [4.69, 9.17) is 4.74 Å². The fraction of sp³-hybridized carbons (Fsp3) is 0.312. The molecule has 0 saturated heterocycles. The van der Waals surface area contributed by atoms with Crippen LogP contribution in [0.3, 0.4) is 0 Å². The molecule has 0 amide bonds. The van der Waals surface area contributed by atoms with Crippen LogP contribution in [0.25, 0.3) is 10.8 Å². The van der Waals surface area contributed by atoms with Crippen molar-refractivity contribution in [3.63, 3.8) is 0 Å². The summed E-state index contributed by atoms with van der Waals surface area (Å²) < 4.78 is 5.22. The summed E-state index contributed by atoms with van der Waals surface area (Å²) in [6.45, 7) is 4.56. The molecule has 2 rings (SSSR count). The topological polar surface area (TPSA) is 26.3 Å². The van der Waals surface area contributed by atoms with E-state index in [9.17, 15) is 4.79 Å². The minimum atomic E-state index is -0.153. The van der Waals surface area contributed by atoms with Crippen LogP contribution in [0, 0.1) is 5.92 Å². The van der Waals surface area contributed by atoms with Crippen molar-refractivity contribution in [2.75, 3.05) is 6.61 Å². The third-order valence-corrected chi connectivity index (χ3v) is 2.79. The maximum atomic E-state index is 11.7. The molecular formula is C16H18O2. The van der Waals surface area contributed by atoms with Crippen molar-refractivity contribution in [3.8, 4) is 0 Å². The van der Waals surface area contributed by atoms with Crippen LogP contribution in [0.2, 0.25) is 0 Å². The molecular weight excluding hydrogens is 224 g/mol. The zero-order valence-electron chi connectivity index (χ0n) is 10.8. The predicted octanol–water partition coefficient (Wildman–Crippen LogP) is 3.58. The number of fused-ring (bicyclic) bond motifs is 1. The summed E-state index contributed by atoms with van der Waals surface area (Å²) in [6.07, 6.45) is 0.341. The van der Waals surface area contributed by atoms with Gasteiger partial charge in [0.1, 0.15) is 0 Å². The van der Waals surface area contributed by atoms with Crippen LogP contribution in [-0.4, -0.2) is 12.6 Å². The van der Waals surface area contributed by atoms with Gasteiger partial charge in [-0.25, -0.2) is 0 Å². The highest BCUT2D eigenvalue weighted by Gasteiger charge is 2.08. The van der Waals surface area contributed by atoms with Gasteiger partial charge in [-0.15, -0.1) is 0 Å². The summed E-state index contributed by atoms with van der Waals surface area (Å²) in [5.74, 6) is 0.224. The van der Waals surface area contributed by atoms with Crippen LogP contribution in [-0.2, 0) is 16.0 Å². The monoisotopic (exact) mass is 242 g/mol.